The van der Waals surface area contributed by atoms with E-state index >= 15 is 0 Å². The molecule has 0 spiro atoms. The maximum absolute atomic E-state index is 11.9. The summed E-state index contributed by atoms with van der Waals surface area (Å²) in [6.45, 7) is 0.124. The second-order valence-corrected chi connectivity index (χ2v) is 4.14. The Balaban J connectivity index is 0.00000220. The summed E-state index contributed by atoms with van der Waals surface area (Å²) in [5.74, 6) is -1.86. The third kappa shape index (κ3) is 5.07. The maximum atomic E-state index is 11.9. The number of pyridine rings is 1. The van der Waals surface area contributed by atoms with Crippen LogP contribution in [0.15, 0.2) is 48.8 Å². The summed E-state index contributed by atoms with van der Waals surface area (Å²) in [5, 5.41) is 10.6. The van der Waals surface area contributed by atoms with Crippen LogP contribution in [0.4, 0.5) is 0 Å². The van der Waals surface area contributed by atoms with Crippen LogP contribution >= 0.6 is 0 Å². The molecule has 1 heterocycles. The minimum atomic E-state index is -1.26. The van der Waals surface area contributed by atoms with Gasteiger partial charge in [-0.15, -0.1) is 0 Å². The molecular formula is C15H12LiNO4. The first-order valence-electron chi connectivity index (χ1n) is 6.00. The van der Waals surface area contributed by atoms with Crippen molar-refractivity contribution >= 4 is 11.9 Å². The molecule has 0 aliphatic carbocycles. The number of rotatable bonds is 5. The minimum Gasteiger partial charge on any atom is -0.550 e. The average Bonchev–Trinajstić information content (AvgIpc) is 2.46. The quantitative estimate of drug-likeness (QED) is 0.455. The number of aliphatic carboxylic acids is 1. The van der Waals surface area contributed by atoms with Gasteiger partial charge < -0.3 is 14.6 Å². The molecule has 2 aromatic rings. The number of nitrogens with zero attached hydrogens (tertiary/aromatic N) is 1. The van der Waals surface area contributed by atoms with Gasteiger partial charge >= 0.3 is 24.8 Å². The van der Waals surface area contributed by atoms with E-state index in [1.807, 2.05) is 30.3 Å². The molecule has 5 nitrogen and oxygen atoms in total. The Bertz CT molecular complexity index is 616. The largest absolute Gasteiger partial charge is 1.00 e. The van der Waals surface area contributed by atoms with Gasteiger partial charge in [-0.05, 0) is 17.2 Å². The van der Waals surface area contributed by atoms with E-state index in [2.05, 4.69) is 4.98 Å². The number of aromatic nitrogens is 1. The Morgan fingerprint density at radius 3 is 2.52 bits per heavy atom. The number of hydrogen-bond acceptors (Lipinski definition) is 5. The molecule has 0 atom stereocenters. The van der Waals surface area contributed by atoms with Gasteiger partial charge in [0.1, 0.15) is 6.61 Å². The molecule has 0 unspecified atom stereocenters. The zero-order valence-corrected chi connectivity index (χ0v) is 11.6. The zero-order valence-electron chi connectivity index (χ0n) is 11.6. The fourth-order valence-electron chi connectivity index (χ4n) is 1.72. The van der Waals surface area contributed by atoms with Crippen LogP contribution in [-0.4, -0.2) is 16.9 Å². The minimum absolute atomic E-state index is 0. The molecule has 2 rings (SSSR count). The first-order valence-corrected chi connectivity index (χ1v) is 6.00. The summed E-state index contributed by atoms with van der Waals surface area (Å²) in [6, 6.07) is 10.7. The third-order valence-corrected chi connectivity index (χ3v) is 2.68. The van der Waals surface area contributed by atoms with E-state index < -0.39 is 11.9 Å². The Kier molecular flexibility index (Phi) is 6.66. The predicted molar refractivity (Wildman–Crippen MR) is 68.5 cm³/mol. The Morgan fingerprint density at radius 1 is 1.14 bits per heavy atom. The van der Waals surface area contributed by atoms with Gasteiger partial charge in [-0.2, -0.15) is 0 Å². The molecule has 0 N–H and O–H groups in total. The number of hydrogen-bond donors (Lipinski definition) is 0. The average molecular weight is 277 g/mol. The van der Waals surface area contributed by atoms with Crippen LogP contribution in [0.25, 0.3) is 0 Å². The van der Waals surface area contributed by atoms with Gasteiger partial charge in [0.05, 0.1) is 5.56 Å². The second kappa shape index (κ2) is 8.25. The van der Waals surface area contributed by atoms with Crippen molar-refractivity contribution in [3.05, 3.63) is 65.5 Å². The number of carbonyl (C=O) groups excluding carboxylic acids is 2. The Morgan fingerprint density at radius 2 is 1.86 bits per heavy atom. The number of carboxylic acid groups (broad SMARTS) is 1. The smallest absolute Gasteiger partial charge is 0.550 e. The molecule has 0 aliphatic heterocycles. The van der Waals surface area contributed by atoms with Crippen molar-refractivity contribution in [1.29, 1.82) is 0 Å². The van der Waals surface area contributed by atoms with E-state index in [0.29, 0.717) is 5.56 Å². The molecule has 0 bridgehead atoms. The molecule has 0 saturated heterocycles. The normalized spacial score (nSPS) is 9.52. The summed E-state index contributed by atoms with van der Waals surface area (Å²) in [7, 11) is 0. The topological polar surface area (TPSA) is 79.3 Å². The fraction of sp³-hybridized carbons (Fsp3) is 0.133. The summed E-state index contributed by atoms with van der Waals surface area (Å²) < 4.78 is 5.14. The van der Waals surface area contributed by atoms with Gasteiger partial charge in [-0.25, -0.2) is 4.79 Å². The van der Waals surface area contributed by atoms with Gasteiger partial charge in [0.25, 0.3) is 0 Å². The second-order valence-electron chi connectivity index (χ2n) is 4.14. The van der Waals surface area contributed by atoms with E-state index in [0.717, 1.165) is 5.56 Å². The summed E-state index contributed by atoms with van der Waals surface area (Å²) in [5.41, 5.74) is 1.33. The van der Waals surface area contributed by atoms with Crippen molar-refractivity contribution in [2.45, 2.75) is 13.0 Å². The van der Waals surface area contributed by atoms with E-state index in [-0.39, 0.29) is 37.5 Å². The number of ether oxygens (including phenoxy) is 1. The Hall–Kier alpha value is -2.09. The van der Waals surface area contributed by atoms with E-state index in [1.54, 1.807) is 0 Å². The van der Waals surface area contributed by atoms with E-state index in [4.69, 9.17) is 4.74 Å². The molecule has 21 heavy (non-hydrogen) atoms. The van der Waals surface area contributed by atoms with E-state index in [1.165, 1.54) is 18.5 Å². The summed E-state index contributed by atoms with van der Waals surface area (Å²) >= 11 is 0. The van der Waals surface area contributed by atoms with Gasteiger partial charge in [0.2, 0.25) is 0 Å². The van der Waals surface area contributed by atoms with Gasteiger partial charge in [-0.1, -0.05) is 30.3 Å². The first kappa shape index (κ1) is 17.0. The molecule has 1 aromatic heterocycles. The molecule has 1 aromatic carbocycles. The van der Waals surface area contributed by atoms with E-state index in [9.17, 15) is 14.7 Å². The van der Waals surface area contributed by atoms with Crippen LogP contribution in [0.1, 0.15) is 21.5 Å². The van der Waals surface area contributed by atoms with Gasteiger partial charge in [-0.3, -0.25) is 4.98 Å². The summed E-state index contributed by atoms with van der Waals surface area (Å²) in [6.07, 6.45) is 2.37. The van der Waals surface area contributed by atoms with Gasteiger partial charge in [0.15, 0.2) is 0 Å². The predicted octanol–water partition coefficient (Wildman–Crippen LogP) is -2.26. The fourth-order valence-corrected chi connectivity index (χ4v) is 1.72. The third-order valence-electron chi connectivity index (χ3n) is 2.68. The van der Waals surface area contributed by atoms with Crippen molar-refractivity contribution in [2.24, 2.45) is 0 Å². The van der Waals surface area contributed by atoms with Crippen molar-refractivity contribution in [2.75, 3.05) is 0 Å². The molecule has 6 heteroatoms. The first-order chi connectivity index (χ1) is 9.66. The summed E-state index contributed by atoms with van der Waals surface area (Å²) in [4.78, 5) is 26.4. The van der Waals surface area contributed by atoms with Crippen molar-refractivity contribution in [3.63, 3.8) is 0 Å². The SMILES string of the molecule is O=C([O-])Cc1ccncc1C(=O)OCc1ccccc1.[Li+]. The molecule has 0 radical (unpaired) electrons. The standard InChI is InChI=1S/C15H13NO4.Li/c17-14(18)8-12-6-7-16-9-13(12)15(19)20-10-11-4-2-1-3-5-11;/h1-7,9H,8,10H2,(H,17,18);/q;+1/p-1. The Labute approximate surface area is 134 Å². The zero-order chi connectivity index (χ0) is 14.4. The maximum Gasteiger partial charge on any atom is 1.00 e. The molecule has 102 valence electrons. The van der Waals surface area contributed by atoms with Crippen LogP contribution in [0.5, 0.6) is 0 Å². The molecule has 0 aliphatic rings. The molecule has 0 saturated carbocycles. The molecule has 0 amide bonds. The number of benzene rings is 1. The number of esters is 1. The molecule has 0 fully saturated rings. The van der Waals surface area contributed by atoms with Crippen LogP contribution in [0.3, 0.4) is 0 Å². The van der Waals surface area contributed by atoms with Crippen LogP contribution in [0, 0.1) is 0 Å². The van der Waals surface area contributed by atoms with Crippen LogP contribution in [0.2, 0.25) is 0 Å². The van der Waals surface area contributed by atoms with Gasteiger partial charge in [0, 0.05) is 24.8 Å². The monoisotopic (exact) mass is 277 g/mol. The van der Waals surface area contributed by atoms with Crippen LogP contribution in [-0.2, 0) is 22.6 Å². The van der Waals surface area contributed by atoms with Crippen molar-refractivity contribution in [1.82, 2.24) is 4.98 Å². The van der Waals surface area contributed by atoms with Crippen molar-refractivity contribution in [3.8, 4) is 0 Å². The number of carboxylic acids is 1. The number of carbonyl (C=O) groups is 2. The molecular weight excluding hydrogens is 265 g/mol. The van der Waals surface area contributed by atoms with Crippen LogP contribution < -0.4 is 24.0 Å². The van der Waals surface area contributed by atoms with Crippen molar-refractivity contribution < 1.29 is 38.3 Å².